The van der Waals surface area contributed by atoms with Crippen molar-refractivity contribution in [1.82, 2.24) is 0 Å². The zero-order valence-corrected chi connectivity index (χ0v) is 14.7. The first-order valence-electron chi connectivity index (χ1n) is 6.99. The van der Waals surface area contributed by atoms with Gasteiger partial charge in [0.1, 0.15) is 5.58 Å². The monoisotopic (exact) mass is 394 g/mol. The van der Waals surface area contributed by atoms with Gasteiger partial charge in [-0.05, 0) is 30.3 Å². The van der Waals surface area contributed by atoms with Gasteiger partial charge in [-0.15, -0.1) is 0 Å². The van der Waals surface area contributed by atoms with Crippen molar-refractivity contribution in [3.05, 3.63) is 90.5 Å². The quantitative estimate of drug-likeness (QED) is 0.392. The summed E-state index contributed by atoms with van der Waals surface area (Å²) in [6, 6.07) is 10.7. The largest absolute Gasteiger partial charge is 0.464 e. The summed E-state index contributed by atoms with van der Waals surface area (Å²) in [6.45, 7) is 0. The predicted molar refractivity (Wildman–Crippen MR) is 100.0 cm³/mol. The second-order valence-electron chi connectivity index (χ2n) is 4.97. The van der Waals surface area contributed by atoms with Crippen LogP contribution in [0.25, 0.3) is 21.9 Å². The van der Waals surface area contributed by atoms with E-state index < -0.39 is 0 Å². The zero-order valence-electron chi connectivity index (χ0n) is 12.5. The fraction of sp³-hybridized carbons (Fsp3) is 0. The molecule has 25 heavy (non-hydrogen) atoms. The maximum Gasteiger partial charge on any atom is 0.192 e. The Morgan fingerprint density at radius 3 is 2.08 bits per heavy atom. The van der Waals surface area contributed by atoms with Gasteiger partial charge in [0, 0.05) is 22.2 Å². The normalized spacial score (nSPS) is 10.5. The molecule has 0 saturated heterocycles. The van der Waals surface area contributed by atoms with E-state index in [1.807, 2.05) is 0 Å². The van der Waals surface area contributed by atoms with Gasteiger partial charge < -0.3 is 8.83 Å². The highest BCUT2D eigenvalue weighted by molar-refractivity contribution is 6.38. The molecule has 0 spiro atoms. The Morgan fingerprint density at radius 1 is 0.680 bits per heavy atom. The van der Waals surface area contributed by atoms with Crippen LogP contribution >= 0.6 is 34.8 Å². The van der Waals surface area contributed by atoms with Gasteiger partial charge in [0.25, 0.3) is 0 Å². The summed E-state index contributed by atoms with van der Waals surface area (Å²) in [5.74, 6) is 0. The average Bonchev–Trinajstić information content (AvgIpc) is 2.57. The van der Waals surface area contributed by atoms with E-state index in [4.69, 9.17) is 43.6 Å². The van der Waals surface area contributed by atoms with Crippen molar-refractivity contribution in [2.45, 2.75) is 0 Å². The highest BCUT2D eigenvalue weighted by atomic mass is 35.5. The topological polar surface area (TPSA) is 60.4 Å². The molecule has 0 atom stereocenters. The maximum absolute atomic E-state index is 11.3. The summed E-state index contributed by atoms with van der Waals surface area (Å²) in [5, 5.41) is 2.24. The molecule has 0 aliphatic carbocycles. The minimum atomic E-state index is -0.148. The lowest BCUT2D eigenvalue weighted by Crippen LogP contribution is -1.97. The van der Waals surface area contributed by atoms with Gasteiger partial charge in [-0.3, -0.25) is 9.59 Å². The molecule has 7 heteroatoms. The molecule has 0 aliphatic heterocycles. The summed E-state index contributed by atoms with van der Waals surface area (Å²) in [6.07, 6.45) is 2.68. The number of hydrogen-bond donors (Lipinski definition) is 0. The second kappa shape index (κ2) is 7.31. The Hall–Kier alpha value is -2.27. The van der Waals surface area contributed by atoms with Crippen molar-refractivity contribution in [2.24, 2.45) is 0 Å². The lowest BCUT2D eigenvalue weighted by molar-refractivity contribution is 0.602. The van der Waals surface area contributed by atoms with E-state index in [2.05, 4.69) is 0 Å². The summed E-state index contributed by atoms with van der Waals surface area (Å²) >= 11 is 17.3. The molecule has 0 amide bonds. The van der Waals surface area contributed by atoms with Crippen molar-refractivity contribution in [1.29, 1.82) is 0 Å². The van der Waals surface area contributed by atoms with Crippen LogP contribution < -0.4 is 10.9 Å². The van der Waals surface area contributed by atoms with Crippen LogP contribution in [0.4, 0.5) is 0 Å². The van der Waals surface area contributed by atoms with Crippen LogP contribution in [-0.2, 0) is 0 Å². The van der Waals surface area contributed by atoms with E-state index in [0.717, 1.165) is 0 Å². The van der Waals surface area contributed by atoms with Gasteiger partial charge in [-0.1, -0.05) is 34.8 Å². The predicted octanol–water partition coefficient (Wildman–Crippen LogP) is 5.55. The smallest absolute Gasteiger partial charge is 0.192 e. The van der Waals surface area contributed by atoms with E-state index in [-0.39, 0.29) is 10.9 Å². The fourth-order valence-corrected chi connectivity index (χ4v) is 2.88. The molecule has 4 aromatic rings. The van der Waals surface area contributed by atoms with E-state index >= 15 is 0 Å². The molecule has 2 aromatic heterocycles. The highest BCUT2D eigenvalue weighted by Gasteiger charge is 2.05. The van der Waals surface area contributed by atoms with E-state index in [1.165, 1.54) is 36.8 Å². The van der Waals surface area contributed by atoms with E-state index in [0.29, 0.717) is 37.0 Å². The van der Waals surface area contributed by atoms with Gasteiger partial charge in [0.05, 0.1) is 28.3 Å². The molecule has 0 saturated carbocycles. The average molecular weight is 396 g/mol. The molecule has 0 fully saturated rings. The van der Waals surface area contributed by atoms with Crippen LogP contribution in [-0.4, -0.2) is 0 Å². The standard InChI is InChI=1S/C9H4Cl2O2.C9H5ClO2/c10-5-3-6-8(12)1-2-13-9(6)7(11)4-5;10-6-1-2-9-7(5-6)8(11)3-4-12-9/h1-4H;1-5H. The third-order valence-corrected chi connectivity index (χ3v) is 4.03. The first-order chi connectivity index (χ1) is 12.0. The molecule has 0 N–H and O–H groups in total. The molecule has 4 nitrogen and oxygen atoms in total. The van der Waals surface area contributed by atoms with Crippen molar-refractivity contribution >= 4 is 56.7 Å². The lowest BCUT2D eigenvalue weighted by atomic mass is 10.2. The molecule has 126 valence electrons. The van der Waals surface area contributed by atoms with Crippen molar-refractivity contribution in [2.75, 3.05) is 0 Å². The van der Waals surface area contributed by atoms with Crippen LogP contribution in [0.15, 0.2) is 73.4 Å². The number of fused-ring (bicyclic) bond motifs is 2. The minimum absolute atomic E-state index is 0.0706. The molecule has 4 rings (SSSR count). The minimum Gasteiger partial charge on any atom is -0.464 e. The van der Waals surface area contributed by atoms with Crippen molar-refractivity contribution in [3.8, 4) is 0 Å². The summed E-state index contributed by atoms with van der Waals surface area (Å²) in [4.78, 5) is 22.5. The van der Waals surface area contributed by atoms with Gasteiger partial charge in [0.15, 0.2) is 16.4 Å². The summed E-state index contributed by atoms with van der Waals surface area (Å²) < 4.78 is 10.2. The number of benzene rings is 2. The van der Waals surface area contributed by atoms with Gasteiger partial charge in [-0.2, -0.15) is 0 Å². The Morgan fingerprint density at radius 2 is 1.32 bits per heavy atom. The summed E-state index contributed by atoms with van der Waals surface area (Å²) in [7, 11) is 0. The molecule has 2 heterocycles. The van der Waals surface area contributed by atoms with Gasteiger partial charge >= 0.3 is 0 Å². The summed E-state index contributed by atoms with van der Waals surface area (Å²) in [5.41, 5.74) is 0.717. The number of rotatable bonds is 0. The zero-order chi connectivity index (χ0) is 18.0. The van der Waals surface area contributed by atoms with E-state index in [1.54, 1.807) is 18.2 Å². The van der Waals surface area contributed by atoms with Gasteiger partial charge in [0.2, 0.25) is 0 Å². The highest BCUT2D eigenvalue weighted by Crippen LogP contribution is 2.25. The maximum atomic E-state index is 11.3. The SMILES string of the molecule is O=c1ccoc2c(Cl)cc(Cl)cc12.O=c1ccoc2ccc(Cl)cc12. The third kappa shape index (κ3) is 3.87. The second-order valence-corrected chi connectivity index (χ2v) is 6.25. The van der Waals surface area contributed by atoms with Crippen molar-refractivity contribution in [3.63, 3.8) is 0 Å². The number of hydrogen-bond acceptors (Lipinski definition) is 4. The molecular weight excluding hydrogens is 387 g/mol. The Balaban J connectivity index is 0.000000146. The van der Waals surface area contributed by atoms with Crippen LogP contribution in [0.5, 0.6) is 0 Å². The Bertz CT molecular complexity index is 1180. The van der Waals surface area contributed by atoms with Crippen LogP contribution in [0.3, 0.4) is 0 Å². The first-order valence-corrected chi connectivity index (χ1v) is 8.13. The number of halogens is 3. The lowest BCUT2D eigenvalue weighted by Gasteiger charge is -1.98. The molecule has 0 aliphatic rings. The molecule has 0 unspecified atom stereocenters. The van der Waals surface area contributed by atoms with Gasteiger partial charge in [-0.25, -0.2) is 0 Å². The van der Waals surface area contributed by atoms with Crippen molar-refractivity contribution < 1.29 is 8.83 Å². The Kier molecular flexibility index (Phi) is 5.13. The molecule has 2 aromatic carbocycles. The van der Waals surface area contributed by atoms with Crippen LogP contribution in [0.1, 0.15) is 0 Å². The molecule has 0 bridgehead atoms. The molecular formula is C18H9Cl3O4. The third-order valence-electron chi connectivity index (χ3n) is 3.30. The van der Waals surface area contributed by atoms with E-state index in [9.17, 15) is 9.59 Å². The van der Waals surface area contributed by atoms with Crippen LogP contribution in [0.2, 0.25) is 15.1 Å². The molecule has 0 radical (unpaired) electrons. The Labute approximate surface area is 156 Å². The first kappa shape index (κ1) is 17.5. The van der Waals surface area contributed by atoms with Crippen LogP contribution in [0, 0.1) is 0 Å². The fourth-order valence-electron chi connectivity index (χ4n) is 2.17.